The molecule has 2 N–H and O–H groups in total. The monoisotopic (exact) mass is 445 g/mol. The number of primary amides is 1. The van der Waals surface area contributed by atoms with Crippen molar-refractivity contribution < 1.29 is 27.1 Å². The van der Waals surface area contributed by atoms with Gasteiger partial charge in [-0.3, -0.25) is 14.3 Å². The minimum absolute atomic E-state index is 0.0194. The zero-order chi connectivity index (χ0) is 23.0. The minimum atomic E-state index is -4.77. The van der Waals surface area contributed by atoms with E-state index in [-0.39, 0.29) is 33.7 Å². The first-order chi connectivity index (χ1) is 15.2. The van der Waals surface area contributed by atoms with Gasteiger partial charge in [-0.05, 0) is 31.2 Å². The maximum Gasteiger partial charge on any atom is 0.450 e. The standard InChI is InChI=1S/C21H15F4N5O2/c1-2-32-11-6-7-16-14(8-11)29-20(21(23,24)25)30(16)17-10-27-15(9-28-17)12-4-3-5-13(18(12)22)19(26)31/h3-10H,2H2,1H3,(H2,26,31). The normalized spacial score (nSPS) is 11.7. The molecule has 0 spiro atoms. The van der Waals surface area contributed by atoms with Crippen molar-refractivity contribution in [2.24, 2.45) is 5.73 Å². The van der Waals surface area contributed by atoms with Crippen LogP contribution in [-0.4, -0.2) is 32.0 Å². The van der Waals surface area contributed by atoms with Gasteiger partial charge in [0.15, 0.2) is 5.82 Å². The molecular weight excluding hydrogens is 430 g/mol. The molecule has 2 aromatic heterocycles. The number of imidazole rings is 1. The summed E-state index contributed by atoms with van der Waals surface area (Å²) in [5.74, 6) is -2.83. The predicted octanol–water partition coefficient (Wildman–Crippen LogP) is 4.14. The molecule has 4 rings (SSSR count). The van der Waals surface area contributed by atoms with Gasteiger partial charge in [0.05, 0.1) is 41.3 Å². The van der Waals surface area contributed by atoms with E-state index in [1.165, 1.54) is 36.4 Å². The summed E-state index contributed by atoms with van der Waals surface area (Å²) in [6.45, 7) is 2.10. The van der Waals surface area contributed by atoms with Crippen LogP contribution in [-0.2, 0) is 6.18 Å². The van der Waals surface area contributed by atoms with Gasteiger partial charge in [-0.1, -0.05) is 6.07 Å². The van der Waals surface area contributed by atoms with E-state index < -0.39 is 23.7 Å². The molecule has 0 aliphatic carbocycles. The third kappa shape index (κ3) is 3.72. The maximum absolute atomic E-state index is 14.6. The summed E-state index contributed by atoms with van der Waals surface area (Å²) in [6, 6.07) is 8.35. The van der Waals surface area contributed by atoms with Gasteiger partial charge in [-0.2, -0.15) is 13.2 Å². The molecule has 0 radical (unpaired) electrons. The lowest BCUT2D eigenvalue weighted by Gasteiger charge is -2.11. The Labute approximate surface area is 178 Å². The number of hydrogen-bond acceptors (Lipinski definition) is 5. The van der Waals surface area contributed by atoms with Crippen LogP contribution in [0.25, 0.3) is 28.1 Å². The third-order valence-electron chi connectivity index (χ3n) is 4.60. The molecule has 4 aromatic rings. The Bertz CT molecular complexity index is 1320. The number of alkyl halides is 3. The van der Waals surface area contributed by atoms with E-state index in [1.54, 1.807) is 6.92 Å². The molecule has 1 amide bonds. The Morgan fingerprint density at radius 1 is 1.16 bits per heavy atom. The number of aromatic nitrogens is 4. The molecule has 0 bridgehead atoms. The first kappa shape index (κ1) is 21.2. The van der Waals surface area contributed by atoms with Crippen molar-refractivity contribution in [1.82, 2.24) is 19.5 Å². The lowest BCUT2D eigenvalue weighted by molar-refractivity contribution is -0.145. The number of amides is 1. The van der Waals surface area contributed by atoms with Crippen LogP contribution >= 0.6 is 0 Å². The van der Waals surface area contributed by atoms with Gasteiger partial charge in [0, 0.05) is 11.6 Å². The van der Waals surface area contributed by atoms with E-state index in [0.717, 1.165) is 17.0 Å². The molecule has 164 valence electrons. The molecule has 0 atom stereocenters. The second-order valence-corrected chi connectivity index (χ2v) is 6.64. The van der Waals surface area contributed by atoms with E-state index in [1.807, 2.05) is 0 Å². The quantitative estimate of drug-likeness (QED) is 0.466. The molecule has 0 saturated heterocycles. The van der Waals surface area contributed by atoms with E-state index in [9.17, 15) is 22.4 Å². The van der Waals surface area contributed by atoms with Crippen molar-refractivity contribution in [3.05, 3.63) is 66.0 Å². The number of nitrogens with two attached hydrogens (primary N) is 1. The molecule has 7 nitrogen and oxygen atoms in total. The van der Waals surface area contributed by atoms with Crippen molar-refractivity contribution in [1.29, 1.82) is 0 Å². The number of carbonyl (C=O) groups is 1. The van der Waals surface area contributed by atoms with E-state index in [2.05, 4.69) is 15.0 Å². The van der Waals surface area contributed by atoms with Crippen molar-refractivity contribution in [3.63, 3.8) is 0 Å². The Hall–Kier alpha value is -4.02. The third-order valence-corrected chi connectivity index (χ3v) is 4.60. The molecule has 32 heavy (non-hydrogen) atoms. The van der Waals surface area contributed by atoms with Gasteiger partial charge in [0.25, 0.3) is 5.91 Å². The summed E-state index contributed by atoms with van der Waals surface area (Å²) >= 11 is 0. The topological polar surface area (TPSA) is 95.9 Å². The number of carbonyl (C=O) groups excluding carboxylic acids is 1. The van der Waals surface area contributed by atoms with Gasteiger partial charge < -0.3 is 10.5 Å². The van der Waals surface area contributed by atoms with Crippen molar-refractivity contribution in [3.8, 4) is 22.8 Å². The fourth-order valence-corrected chi connectivity index (χ4v) is 3.23. The van der Waals surface area contributed by atoms with Crippen LogP contribution in [0.4, 0.5) is 17.6 Å². The second-order valence-electron chi connectivity index (χ2n) is 6.64. The zero-order valence-corrected chi connectivity index (χ0v) is 16.5. The Balaban J connectivity index is 1.83. The molecule has 11 heteroatoms. The number of ether oxygens (including phenoxy) is 1. The predicted molar refractivity (Wildman–Crippen MR) is 107 cm³/mol. The minimum Gasteiger partial charge on any atom is -0.494 e. The summed E-state index contributed by atoms with van der Waals surface area (Å²) < 4.78 is 61.8. The highest BCUT2D eigenvalue weighted by molar-refractivity contribution is 5.94. The average molecular weight is 445 g/mol. The first-order valence-corrected chi connectivity index (χ1v) is 9.34. The van der Waals surface area contributed by atoms with E-state index in [4.69, 9.17) is 10.5 Å². The highest BCUT2D eigenvalue weighted by atomic mass is 19.4. The number of fused-ring (bicyclic) bond motifs is 1. The molecule has 0 fully saturated rings. The number of halogens is 4. The lowest BCUT2D eigenvalue weighted by atomic mass is 10.1. The first-order valence-electron chi connectivity index (χ1n) is 9.34. The average Bonchev–Trinajstić information content (AvgIpc) is 3.13. The Kier molecular flexibility index (Phi) is 5.25. The van der Waals surface area contributed by atoms with Gasteiger partial charge in [-0.15, -0.1) is 0 Å². The largest absolute Gasteiger partial charge is 0.494 e. The van der Waals surface area contributed by atoms with Crippen molar-refractivity contribution in [2.75, 3.05) is 6.61 Å². The summed E-state index contributed by atoms with van der Waals surface area (Å²) in [5, 5.41) is 0. The zero-order valence-electron chi connectivity index (χ0n) is 16.5. The maximum atomic E-state index is 14.6. The van der Waals surface area contributed by atoms with Crippen LogP contribution in [0.2, 0.25) is 0 Å². The van der Waals surface area contributed by atoms with E-state index in [0.29, 0.717) is 12.4 Å². The van der Waals surface area contributed by atoms with Gasteiger partial charge in [0.2, 0.25) is 5.82 Å². The molecule has 0 aliphatic heterocycles. The fraction of sp³-hybridized carbons (Fsp3) is 0.143. The number of nitrogens with zero attached hydrogens (tertiary/aromatic N) is 4. The number of hydrogen-bond donors (Lipinski definition) is 1. The molecule has 0 aliphatic rings. The van der Waals surface area contributed by atoms with Crippen LogP contribution in [0.15, 0.2) is 48.8 Å². The van der Waals surface area contributed by atoms with Crippen LogP contribution in [0.5, 0.6) is 5.75 Å². The highest BCUT2D eigenvalue weighted by Gasteiger charge is 2.38. The van der Waals surface area contributed by atoms with Gasteiger partial charge in [0.1, 0.15) is 11.6 Å². The summed E-state index contributed by atoms with van der Waals surface area (Å²) in [6.07, 6.45) is -2.59. The van der Waals surface area contributed by atoms with Crippen LogP contribution < -0.4 is 10.5 Å². The molecule has 0 unspecified atom stereocenters. The van der Waals surface area contributed by atoms with Gasteiger partial charge >= 0.3 is 6.18 Å². The molecule has 2 heterocycles. The molecule has 0 saturated carbocycles. The summed E-state index contributed by atoms with van der Waals surface area (Å²) in [5.41, 5.74) is 4.98. The van der Waals surface area contributed by atoms with Crippen LogP contribution in [0.1, 0.15) is 23.1 Å². The summed E-state index contributed by atoms with van der Waals surface area (Å²) in [4.78, 5) is 23.2. The lowest BCUT2D eigenvalue weighted by Crippen LogP contribution is -2.15. The number of benzene rings is 2. The fourth-order valence-electron chi connectivity index (χ4n) is 3.23. The van der Waals surface area contributed by atoms with Crippen LogP contribution in [0.3, 0.4) is 0 Å². The van der Waals surface area contributed by atoms with Crippen LogP contribution in [0, 0.1) is 5.82 Å². The summed E-state index contributed by atoms with van der Waals surface area (Å²) in [7, 11) is 0. The van der Waals surface area contributed by atoms with Crippen molar-refractivity contribution in [2.45, 2.75) is 13.1 Å². The Morgan fingerprint density at radius 3 is 2.56 bits per heavy atom. The Morgan fingerprint density at radius 2 is 1.94 bits per heavy atom. The van der Waals surface area contributed by atoms with Gasteiger partial charge in [-0.25, -0.2) is 14.4 Å². The van der Waals surface area contributed by atoms with E-state index >= 15 is 0 Å². The number of rotatable bonds is 5. The molecule has 2 aromatic carbocycles. The molecular formula is C21H15F4N5O2. The SMILES string of the molecule is CCOc1ccc2c(c1)nc(C(F)(F)F)n2-c1cnc(-c2cccc(C(N)=O)c2F)cn1. The highest BCUT2D eigenvalue weighted by Crippen LogP contribution is 2.34. The second kappa shape index (κ2) is 7.91. The van der Waals surface area contributed by atoms with Crippen molar-refractivity contribution >= 4 is 16.9 Å². The smallest absolute Gasteiger partial charge is 0.450 e.